The molecule has 90 valence electrons. The fourth-order valence-electron chi connectivity index (χ4n) is 1.62. The Morgan fingerprint density at radius 2 is 2.18 bits per heavy atom. The fourth-order valence-corrected chi connectivity index (χ4v) is 1.62. The van der Waals surface area contributed by atoms with Gasteiger partial charge in [-0.3, -0.25) is 4.79 Å². The molecule has 17 heavy (non-hydrogen) atoms. The van der Waals surface area contributed by atoms with Crippen LogP contribution < -0.4 is 10.6 Å². The number of carbonyl (C=O) groups excluding carboxylic acids is 1. The van der Waals surface area contributed by atoms with Crippen molar-refractivity contribution in [2.45, 2.75) is 6.54 Å². The molecule has 0 atom stereocenters. The molecule has 5 heteroatoms. The van der Waals surface area contributed by atoms with Crippen molar-refractivity contribution < 1.29 is 14.7 Å². The Bertz CT molecular complexity index is 441. The Hall–Kier alpha value is -1.88. The first-order chi connectivity index (χ1) is 8.16. The second-order valence-corrected chi connectivity index (χ2v) is 4.08. The first-order valence-corrected chi connectivity index (χ1v) is 5.47. The molecule has 1 amide bonds. The summed E-state index contributed by atoms with van der Waals surface area (Å²) >= 11 is 0. The molecule has 0 aromatic heterocycles. The van der Waals surface area contributed by atoms with Crippen molar-refractivity contribution in [3.63, 3.8) is 0 Å². The standard InChI is InChI=1S/C12H14N2O3/c15-11(10-6-13-7-10)14-5-8-2-1-3-9(4-8)12(16)17/h1-4,10,13H,5-7H2,(H,14,15)(H,16,17). The highest BCUT2D eigenvalue weighted by molar-refractivity contribution is 5.87. The van der Waals surface area contributed by atoms with Crippen LogP contribution in [0.5, 0.6) is 0 Å². The Morgan fingerprint density at radius 1 is 1.41 bits per heavy atom. The van der Waals surface area contributed by atoms with Crippen LogP contribution in [-0.4, -0.2) is 30.1 Å². The number of hydrogen-bond donors (Lipinski definition) is 3. The van der Waals surface area contributed by atoms with Gasteiger partial charge in [0.2, 0.25) is 5.91 Å². The number of amides is 1. The number of carbonyl (C=O) groups is 2. The van der Waals surface area contributed by atoms with E-state index in [1.807, 2.05) is 0 Å². The van der Waals surface area contributed by atoms with Crippen molar-refractivity contribution in [2.75, 3.05) is 13.1 Å². The summed E-state index contributed by atoms with van der Waals surface area (Å²) in [6.45, 7) is 1.82. The zero-order valence-corrected chi connectivity index (χ0v) is 9.27. The highest BCUT2D eigenvalue weighted by Gasteiger charge is 2.24. The molecule has 0 spiro atoms. The van der Waals surface area contributed by atoms with Crippen LogP contribution in [0.15, 0.2) is 24.3 Å². The second-order valence-electron chi connectivity index (χ2n) is 4.08. The first-order valence-electron chi connectivity index (χ1n) is 5.47. The molecule has 1 heterocycles. The van der Waals surface area contributed by atoms with E-state index in [1.54, 1.807) is 18.2 Å². The van der Waals surface area contributed by atoms with E-state index in [-0.39, 0.29) is 17.4 Å². The lowest BCUT2D eigenvalue weighted by atomic mass is 10.0. The molecular formula is C12H14N2O3. The summed E-state index contributed by atoms with van der Waals surface area (Å²) in [7, 11) is 0. The fraction of sp³-hybridized carbons (Fsp3) is 0.333. The maximum absolute atomic E-state index is 11.6. The minimum Gasteiger partial charge on any atom is -0.478 e. The normalized spacial score (nSPS) is 15.1. The number of carboxylic acids is 1. The van der Waals surface area contributed by atoms with Crippen molar-refractivity contribution in [1.29, 1.82) is 0 Å². The third kappa shape index (κ3) is 2.82. The van der Waals surface area contributed by atoms with Gasteiger partial charge < -0.3 is 15.7 Å². The average Bonchev–Trinajstić information content (AvgIpc) is 2.24. The van der Waals surface area contributed by atoms with E-state index in [0.717, 1.165) is 18.7 Å². The molecule has 0 aliphatic carbocycles. The quantitative estimate of drug-likeness (QED) is 0.696. The molecule has 1 aromatic rings. The van der Waals surface area contributed by atoms with Gasteiger partial charge in [0.15, 0.2) is 0 Å². The van der Waals surface area contributed by atoms with E-state index in [4.69, 9.17) is 5.11 Å². The smallest absolute Gasteiger partial charge is 0.335 e. The van der Waals surface area contributed by atoms with E-state index in [1.165, 1.54) is 6.07 Å². The zero-order valence-electron chi connectivity index (χ0n) is 9.27. The van der Waals surface area contributed by atoms with Crippen molar-refractivity contribution in [3.05, 3.63) is 35.4 Å². The van der Waals surface area contributed by atoms with Gasteiger partial charge in [-0.25, -0.2) is 4.79 Å². The summed E-state index contributed by atoms with van der Waals surface area (Å²) in [5.74, 6) is -0.886. The van der Waals surface area contributed by atoms with Gasteiger partial charge in [0, 0.05) is 19.6 Å². The molecule has 0 bridgehead atoms. The minimum absolute atomic E-state index is 0.0180. The average molecular weight is 234 g/mol. The molecular weight excluding hydrogens is 220 g/mol. The van der Waals surface area contributed by atoms with E-state index in [2.05, 4.69) is 10.6 Å². The van der Waals surface area contributed by atoms with Gasteiger partial charge >= 0.3 is 5.97 Å². The molecule has 1 aromatic carbocycles. The van der Waals surface area contributed by atoms with Crippen molar-refractivity contribution in [3.8, 4) is 0 Å². The third-order valence-corrected chi connectivity index (χ3v) is 2.79. The summed E-state index contributed by atoms with van der Waals surface area (Å²) < 4.78 is 0. The molecule has 0 radical (unpaired) electrons. The molecule has 1 fully saturated rings. The maximum atomic E-state index is 11.6. The Balaban J connectivity index is 1.91. The van der Waals surface area contributed by atoms with Gasteiger partial charge in [-0.1, -0.05) is 12.1 Å². The molecule has 1 saturated heterocycles. The summed E-state index contributed by atoms with van der Waals surface area (Å²) in [5, 5.41) is 14.6. The van der Waals surface area contributed by atoms with Crippen LogP contribution in [0.25, 0.3) is 0 Å². The van der Waals surface area contributed by atoms with Gasteiger partial charge in [0.1, 0.15) is 0 Å². The largest absolute Gasteiger partial charge is 0.478 e. The predicted molar refractivity (Wildman–Crippen MR) is 61.6 cm³/mol. The number of carboxylic acid groups (broad SMARTS) is 1. The number of rotatable bonds is 4. The SMILES string of the molecule is O=C(O)c1cccc(CNC(=O)C2CNC2)c1. The molecule has 2 rings (SSSR count). The van der Waals surface area contributed by atoms with E-state index < -0.39 is 5.97 Å². The highest BCUT2D eigenvalue weighted by Crippen LogP contribution is 2.07. The monoisotopic (exact) mass is 234 g/mol. The van der Waals surface area contributed by atoms with Gasteiger partial charge in [0.25, 0.3) is 0 Å². The molecule has 1 aliphatic rings. The van der Waals surface area contributed by atoms with Gasteiger partial charge in [-0.2, -0.15) is 0 Å². The molecule has 0 saturated carbocycles. The van der Waals surface area contributed by atoms with Crippen LogP contribution >= 0.6 is 0 Å². The van der Waals surface area contributed by atoms with Gasteiger partial charge in [-0.15, -0.1) is 0 Å². The van der Waals surface area contributed by atoms with Crippen LogP contribution in [0.4, 0.5) is 0 Å². The van der Waals surface area contributed by atoms with Crippen LogP contribution in [-0.2, 0) is 11.3 Å². The van der Waals surface area contributed by atoms with Crippen molar-refractivity contribution in [2.24, 2.45) is 5.92 Å². The van der Waals surface area contributed by atoms with E-state index >= 15 is 0 Å². The molecule has 5 nitrogen and oxygen atoms in total. The Morgan fingerprint density at radius 3 is 2.76 bits per heavy atom. The summed E-state index contributed by atoms with van der Waals surface area (Å²) in [5.41, 5.74) is 1.03. The second kappa shape index (κ2) is 4.97. The van der Waals surface area contributed by atoms with Crippen molar-refractivity contribution in [1.82, 2.24) is 10.6 Å². The lowest BCUT2D eigenvalue weighted by Crippen LogP contribution is -2.50. The third-order valence-electron chi connectivity index (χ3n) is 2.79. The van der Waals surface area contributed by atoms with E-state index in [0.29, 0.717) is 6.54 Å². The van der Waals surface area contributed by atoms with Crippen LogP contribution in [0.1, 0.15) is 15.9 Å². The lowest BCUT2D eigenvalue weighted by molar-refractivity contribution is -0.126. The van der Waals surface area contributed by atoms with Crippen molar-refractivity contribution >= 4 is 11.9 Å². The number of nitrogens with one attached hydrogen (secondary N) is 2. The summed E-state index contributed by atoms with van der Waals surface area (Å²) in [6.07, 6.45) is 0. The number of hydrogen-bond acceptors (Lipinski definition) is 3. The van der Waals surface area contributed by atoms with Gasteiger partial charge in [-0.05, 0) is 17.7 Å². The van der Waals surface area contributed by atoms with Crippen LogP contribution in [0.2, 0.25) is 0 Å². The lowest BCUT2D eigenvalue weighted by Gasteiger charge is -2.25. The molecule has 1 aliphatic heterocycles. The molecule has 0 unspecified atom stereocenters. The topological polar surface area (TPSA) is 78.4 Å². The summed E-state index contributed by atoms with van der Waals surface area (Å²) in [4.78, 5) is 22.3. The number of benzene rings is 1. The predicted octanol–water partition coefficient (Wildman–Crippen LogP) is 0.220. The van der Waals surface area contributed by atoms with Gasteiger partial charge in [0.05, 0.1) is 11.5 Å². The van der Waals surface area contributed by atoms with Crippen LogP contribution in [0.3, 0.4) is 0 Å². The first kappa shape index (κ1) is 11.6. The summed E-state index contributed by atoms with van der Waals surface area (Å²) in [6, 6.07) is 6.58. The Kier molecular flexibility index (Phi) is 3.39. The number of aromatic carboxylic acids is 1. The molecule has 3 N–H and O–H groups in total. The zero-order chi connectivity index (χ0) is 12.3. The maximum Gasteiger partial charge on any atom is 0.335 e. The van der Waals surface area contributed by atoms with E-state index in [9.17, 15) is 9.59 Å². The minimum atomic E-state index is -0.957. The Labute approximate surface area is 98.8 Å². The highest BCUT2D eigenvalue weighted by atomic mass is 16.4. The van der Waals surface area contributed by atoms with Crippen LogP contribution in [0, 0.1) is 5.92 Å².